The summed E-state index contributed by atoms with van der Waals surface area (Å²) < 4.78 is 0. The van der Waals surface area contributed by atoms with Crippen LogP contribution in [0, 0.1) is 6.92 Å². The molecule has 0 bridgehead atoms. The van der Waals surface area contributed by atoms with Gasteiger partial charge in [-0.15, -0.1) is 0 Å². The first-order valence-electron chi connectivity index (χ1n) is 9.59. The second kappa shape index (κ2) is 6.75. The Hall–Kier alpha value is -1.94. The average Bonchev–Trinajstić information content (AvgIpc) is 2.66. The van der Waals surface area contributed by atoms with E-state index in [-0.39, 0.29) is 5.91 Å². The van der Waals surface area contributed by atoms with Gasteiger partial charge in [0.2, 0.25) is 0 Å². The third-order valence-corrected chi connectivity index (χ3v) is 5.76. The monoisotopic (exact) mass is 337 g/mol. The summed E-state index contributed by atoms with van der Waals surface area (Å²) in [6, 6.07) is 8.83. The Bertz CT molecular complexity index is 801. The Morgan fingerprint density at radius 2 is 2.08 bits per heavy atom. The van der Waals surface area contributed by atoms with Crippen LogP contribution in [0.3, 0.4) is 0 Å². The number of aryl methyl sites for hydroxylation is 2. The van der Waals surface area contributed by atoms with Gasteiger partial charge < -0.3 is 4.90 Å². The lowest BCUT2D eigenvalue weighted by Gasteiger charge is -2.44. The zero-order valence-electron chi connectivity index (χ0n) is 15.3. The van der Waals surface area contributed by atoms with Gasteiger partial charge >= 0.3 is 0 Å². The third-order valence-electron chi connectivity index (χ3n) is 5.76. The van der Waals surface area contributed by atoms with Crippen LogP contribution >= 0.6 is 0 Å². The van der Waals surface area contributed by atoms with Gasteiger partial charge in [-0.2, -0.15) is 0 Å². The summed E-state index contributed by atoms with van der Waals surface area (Å²) in [4.78, 5) is 22.6. The SMILES string of the molecule is CCc1ccc2nc(C)cc(C(=O)N3CCN4CCCC[C@H]4C3)c2c1. The number of carbonyl (C=O) groups is 1. The molecule has 3 heterocycles. The molecule has 0 saturated carbocycles. The van der Waals surface area contributed by atoms with Crippen LogP contribution in [0.1, 0.15) is 47.8 Å². The lowest BCUT2D eigenvalue weighted by molar-refractivity contribution is 0.0374. The summed E-state index contributed by atoms with van der Waals surface area (Å²) in [7, 11) is 0. The van der Waals surface area contributed by atoms with Crippen molar-refractivity contribution in [2.75, 3.05) is 26.2 Å². The minimum absolute atomic E-state index is 0.175. The van der Waals surface area contributed by atoms with E-state index >= 15 is 0 Å². The van der Waals surface area contributed by atoms with Crippen molar-refractivity contribution < 1.29 is 4.79 Å². The number of piperazine rings is 1. The van der Waals surface area contributed by atoms with E-state index in [0.717, 1.165) is 48.2 Å². The van der Waals surface area contributed by atoms with E-state index in [1.807, 2.05) is 13.0 Å². The molecule has 2 saturated heterocycles. The molecule has 2 aromatic rings. The lowest BCUT2D eigenvalue weighted by atomic mass is 9.98. The standard InChI is InChI=1S/C21H27N3O/c1-3-16-7-8-20-18(13-16)19(12-15(2)22-20)21(25)24-11-10-23-9-5-4-6-17(23)14-24/h7-8,12-13,17H,3-6,9-11,14H2,1-2H3/t17-/m0/s1. The fraction of sp³-hybridized carbons (Fsp3) is 0.524. The van der Waals surface area contributed by atoms with Gasteiger partial charge in [0.05, 0.1) is 11.1 Å². The number of benzene rings is 1. The van der Waals surface area contributed by atoms with E-state index in [1.165, 1.54) is 31.4 Å². The summed E-state index contributed by atoms with van der Waals surface area (Å²) in [5.41, 5.74) is 3.92. The third kappa shape index (κ3) is 3.15. The molecule has 1 aromatic carbocycles. The maximum absolute atomic E-state index is 13.3. The predicted molar refractivity (Wildman–Crippen MR) is 101 cm³/mol. The van der Waals surface area contributed by atoms with E-state index in [1.54, 1.807) is 0 Å². The van der Waals surface area contributed by atoms with Crippen LogP contribution in [0.25, 0.3) is 10.9 Å². The van der Waals surface area contributed by atoms with Crippen molar-refractivity contribution in [2.24, 2.45) is 0 Å². The Morgan fingerprint density at radius 1 is 1.20 bits per heavy atom. The summed E-state index contributed by atoms with van der Waals surface area (Å²) in [6.07, 6.45) is 4.79. The molecular formula is C21H27N3O. The van der Waals surface area contributed by atoms with Gasteiger partial charge in [0, 0.05) is 36.8 Å². The van der Waals surface area contributed by atoms with E-state index in [2.05, 4.69) is 39.9 Å². The second-order valence-corrected chi connectivity index (χ2v) is 7.45. The van der Waals surface area contributed by atoms with Crippen molar-refractivity contribution in [3.05, 3.63) is 41.1 Å². The Balaban J connectivity index is 1.67. The van der Waals surface area contributed by atoms with Crippen molar-refractivity contribution in [1.29, 1.82) is 0 Å². The number of amides is 1. The van der Waals surface area contributed by atoms with Crippen LogP contribution in [-0.2, 0) is 6.42 Å². The van der Waals surface area contributed by atoms with Crippen molar-refractivity contribution in [3.63, 3.8) is 0 Å². The fourth-order valence-corrected chi connectivity index (χ4v) is 4.31. The van der Waals surface area contributed by atoms with Crippen molar-refractivity contribution >= 4 is 16.8 Å². The molecule has 4 heteroatoms. The molecule has 2 fully saturated rings. The topological polar surface area (TPSA) is 36.4 Å². The number of piperidine rings is 1. The normalized spacial score (nSPS) is 21.4. The highest BCUT2D eigenvalue weighted by molar-refractivity contribution is 6.06. The number of hydrogen-bond donors (Lipinski definition) is 0. The maximum atomic E-state index is 13.3. The fourth-order valence-electron chi connectivity index (χ4n) is 4.31. The smallest absolute Gasteiger partial charge is 0.254 e. The van der Waals surface area contributed by atoms with E-state index in [4.69, 9.17) is 0 Å². The maximum Gasteiger partial charge on any atom is 0.254 e. The number of fused-ring (bicyclic) bond motifs is 2. The van der Waals surface area contributed by atoms with E-state index in [9.17, 15) is 4.79 Å². The number of rotatable bonds is 2. The van der Waals surface area contributed by atoms with Gasteiger partial charge in [-0.05, 0) is 56.5 Å². The first kappa shape index (κ1) is 16.5. The van der Waals surface area contributed by atoms with Gasteiger partial charge in [0.25, 0.3) is 5.91 Å². The van der Waals surface area contributed by atoms with Gasteiger partial charge in [-0.1, -0.05) is 19.4 Å². The van der Waals surface area contributed by atoms with Crippen LogP contribution in [0.15, 0.2) is 24.3 Å². The summed E-state index contributed by atoms with van der Waals surface area (Å²) >= 11 is 0. The highest BCUT2D eigenvalue weighted by atomic mass is 16.2. The van der Waals surface area contributed by atoms with Gasteiger partial charge in [0.1, 0.15) is 0 Å². The van der Waals surface area contributed by atoms with Crippen LogP contribution in [0.2, 0.25) is 0 Å². The molecular weight excluding hydrogens is 310 g/mol. The number of pyridine rings is 1. The highest BCUT2D eigenvalue weighted by Crippen LogP contribution is 2.25. The second-order valence-electron chi connectivity index (χ2n) is 7.45. The minimum atomic E-state index is 0.175. The Morgan fingerprint density at radius 3 is 2.92 bits per heavy atom. The minimum Gasteiger partial charge on any atom is -0.336 e. The Kier molecular flexibility index (Phi) is 4.46. The molecule has 2 aliphatic heterocycles. The van der Waals surface area contributed by atoms with Gasteiger partial charge in [-0.25, -0.2) is 0 Å². The summed E-state index contributed by atoms with van der Waals surface area (Å²) in [5.74, 6) is 0.175. The summed E-state index contributed by atoms with van der Waals surface area (Å²) in [6.45, 7) is 8.04. The quantitative estimate of drug-likeness (QED) is 0.842. The van der Waals surface area contributed by atoms with E-state index < -0.39 is 0 Å². The Labute approximate surface area is 149 Å². The first-order chi connectivity index (χ1) is 12.2. The zero-order chi connectivity index (χ0) is 17.4. The van der Waals surface area contributed by atoms with Crippen LogP contribution in [0.5, 0.6) is 0 Å². The largest absolute Gasteiger partial charge is 0.336 e. The molecule has 25 heavy (non-hydrogen) atoms. The molecule has 4 rings (SSSR count). The van der Waals surface area contributed by atoms with E-state index in [0.29, 0.717) is 6.04 Å². The number of carbonyl (C=O) groups excluding carboxylic acids is 1. The molecule has 0 radical (unpaired) electrons. The number of aromatic nitrogens is 1. The lowest BCUT2D eigenvalue weighted by Crippen LogP contribution is -2.56. The van der Waals surface area contributed by atoms with Crippen molar-refractivity contribution in [1.82, 2.24) is 14.8 Å². The highest BCUT2D eigenvalue weighted by Gasteiger charge is 2.31. The molecule has 0 unspecified atom stereocenters. The molecule has 4 nitrogen and oxygen atoms in total. The molecule has 0 spiro atoms. The molecule has 1 aromatic heterocycles. The molecule has 0 aliphatic carbocycles. The first-order valence-corrected chi connectivity index (χ1v) is 9.59. The van der Waals surface area contributed by atoms with Crippen LogP contribution in [0.4, 0.5) is 0 Å². The molecule has 1 atom stereocenters. The molecule has 2 aliphatic rings. The number of hydrogen-bond acceptors (Lipinski definition) is 3. The van der Waals surface area contributed by atoms with Gasteiger partial charge in [-0.3, -0.25) is 14.7 Å². The van der Waals surface area contributed by atoms with Crippen LogP contribution in [-0.4, -0.2) is 52.9 Å². The summed E-state index contributed by atoms with van der Waals surface area (Å²) in [5, 5.41) is 1.00. The zero-order valence-corrected chi connectivity index (χ0v) is 15.3. The van der Waals surface area contributed by atoms with Crippen molar-refractivity contribution in [2.45, 2.75) is 45.6 Å². The van der Waals surface area contributed by atoms with Gasteiger partial charge in [0.15, 0.2) is 0 Å². The number of nitrogens with zero attached hydrogens (tertiary/aromatic N) is 3. The van der Waals surface area contributed by atoms with Crippen LogP contribution < -0.4 is 0 Å². The molecule has 132 valence electrons. The van der Waals surface area contributed by atoms with Crippen molar-refractivity contribution in [3.8, 4) is 0 Å². The average molecular weight is 337 g/mol. The predicted octanol–water partition coefficient (Wildman–Crippen LogP) is 3.42. The molecule has 0 N–H and O–H groups in total. The molecule has 1 amide bonds.